The minimum absolute atomic E-state index is 0.207. The topological polar surface area (TPSA) is 38.5 Å². The van der Waals surface area contributed by atoms with E-state index >= 15 is 0 Å². The first kappa shape index (κ1) is 14.1. The third kappa shape index (κ3) is 2.90. The molecule has 1 heterocycles. The summed E-state index contributed by atoms with van der Waals surface area (Å²) >= 11 is 0. The van der Waals surface area contributed by atoms with Crippen LogP contribution in [0.5, 0.6) is 0 Å². The van der Waals surface area contributed by atoms with Gasteiger partial charge >= 0.3 is 0 Å². The molecule has 1 saturated carbocycles. The van der Waals surface area contributed by atoms with Gasteiger partial charge in [-0.15, -0.1) is 0 Å². The Morgan fingerprint density at radius 1 is 1.25 bits per heavy atom. The molecule has 3 nitrogen and oxygen atoms in total. The largest absolute Gasteiger partial charge is 0.372 e. The van der Waals surface area contributed by atoms with Crippen molar-refractivity contribution in [1.29, 1.82) is 0 Å². The Morgan fingerprint density at radius 3 is 2.90 bits per heavy atom. The van der Waals surface area contributed by atoms with Gasteiger partial charge in [-0.05, 0) is 37.4 Å². The van der Waals surface area contributed by atoms with E-state index in [0.29, 0.717) is 12.1 Å². The van der Waals surface area contributed by atoms with E-state index in [2.05, 4.69) is 36.2 Å². The number of hydrogen-bond acceptors (Lipinski definition) is 3. The molecule has 1 aliphatic heterocycles. The second kappa shape index (κ2) is 6.25. The van der Waals surface area contributed by atoms with Gasteiger partial charge < -0.3 is 10.5 Å². The van der Waals surface area contributed by atoms with E-state index in [1.54, 1.807) is 0 Å². The Kier molecular flexibility index (Phi) is 4.39. The predicted octanol–water partition coefficient (Wildman–Crippen LogP) is 2.50. The van der Waals surface area contributed by atoms with E-state index in [1.807, 2.05) is 0 Å². The molecule has 0 amide bonds. The standard InChI is InChI=1S/C17H26N2O/c1-19(16-9-5-4-8-15(16)18)12-17-14-7-3-2-6-13(14)10-11-20-17/h2-3,6-7,15-17H,4-5,8-12,18H2,1H3. The van der Waals surface area contributed by atoms with Crippen LogP contribution in [-0.4, -0.2) is 37.2 Å². The fourth-order valence-electron chi connectivity index (χ4n) is 3.71. The molecule has 0 radical (unpaired) electrons. The van der Waals surface area contributed by atoms with E-state index < -0.39 is 0 Å². The fraction of sp³-hybridized carbons (Fsp3) is 0.647. The Balaban J connectivity index is 1.69. The molecule has 1 fully saturated rings. The highest BCUT2D eigenvalue weighted by atomic mass is 16.5. The van der Waals surface area contributed by atoms with Gasteiger partial charge in [0, 0.05) is 18.6 Å². The van der Waals surface area contributed by atoms with Gasteiger partial charge in [-0.1, -0.05) is 37.1 Å². The second-order valence-electron chi connectivity index (χ2n) is 6.26. The van der Waals surface area contributed by atoms with Gasteiger partial charge in [-0.2, -0.15) is 0 Å². The van der Waals surface area contributed by atoms with Crippen LogP contribution in [0.25, 0.3) is 0 Å². The smallest absolute Gasteiger partial charge is 0.0954 e. The summed E-state index contributed by atoms with van der Waals surface area (Å²) < 4.78 is 6.02. The first-order chi connectivity index (χ1) is 9.75. The van der Waals surface area contributed by atoms with E-state index in [4.69, 9.17) is 10.5 Å². The number of ether oxygens (including phenoxy) is 1. The van der Waals surface area contributed by atoms with Crippen molar-refractivity contribution < 1.29 is 4.74 Å². The van der Waals surface area contributed by atoms with Crippen molar-refractivity contribution in [2.24, 2.45) is 5.73 Å². The third-order valence-electron chi connectivity index (χ3n) is 4.89. The summed E-state index contributed by atoms with van der Waals surface area (Å²) in [7, 11) is 2.20. The van der Waals surface area contributed by atoms with Crippen LogP contribution in [0.4, 0.5) is 0 Å². The molecule has 0 saturated heterocycles. The molecular formula is C17H26N2O. The minimum atomic E-state index is 0.207. The van der Waals surface area contributed by atoms with E-state index in [1.165, 1.54) is 30.4 Å². The highest BCUT2D eigenvalue weighted by Crippen LogP contribution is 2.29. The summed E-state index contributed by atoms with van der Waals surface area (Å²) in [6.45, 7) is 1.79. The van der Waals surface area contributed by atoms with Crippen LogP contribution in [0.3, 0.4) is 0 Å². The zero-order valence-electron chi connectivity index (χ0n) is 12.4. The van der Waals surface area contributed by atoms with Crippen LogP contribution in [-0.2, 0) is 11.2 Å². The summed E-state index contributed by atoms with van der Waals surface area (Å²) in [6, 6.07) is 9.54. The first-order valence-electron chi connectivity index (χ1n) is 7.91. The molecule has 3 atom stereocenters. The van der Waals surface area contributed by atoms with Gasteiger partial charge in [0.25, 0.3) is 0 Å². The molecule has 20 heavy (non-hydrogen) atoms. The number of likely N-dealkylation sites (N-methyl/N-ethyl adjacent to an activating group) is 1. The Bertz CT molecular complexity index is 448. The maximum atomic E-state index is 6.30. The van der Waals surface area contributed by atoms with Crippen LogP contribution in [0.15, 0.2) is 24.3 Å². The van der Waals surface area contributed by atoms with Gasteiger partial charge in [0.15, 0.2) is 0 Å². The summed E-state index contributed by atoms with van der Waals surface area (Å²) in [5.41, 5.74) is 9.12. The Morgan fingerprint density at radius 2 is 2.05 bits per heavy atom. The van der Waals surface area contributed by atoms with E-state index in [-0.39, 0.29) is 6.10 Å². The fourth-order valence-corrected chi connectivity index (χ4v) is 3.71. The number of fused-ring (bicyclic) bond motifs is 1. The van der Waals surface area contributed by atoms with Crippen LogP contribution in [0, 0.1) is 0 Å². The van der Waals surface area contributed by atoms with Crippen molar-refractivity contribution in [2.45, 2.75) is 50.3 Å². The second-order valence-corrected chi connectivity index (χ2v) is 6.26. The van der Waals surface area contributed by atoms with Crippen molar-refractivity contribution >= 4 is 0 Å². The van der Waals surface area contributed by atoms with Crippen LogP contribution in [0.1, 0.15) is 42.9 Å². The summed E-state index contributed by atoms with van der Waals surface area (Å²) in [4.78, 5) is 2.43. The molecule has 3 unspecified atom stereocenters. The number of nitrogens with two attached hydrogens (primary N) is 1. The molecular weight excluding hydrogens is 248 g/mol. The lowest BCUT2D eigenvalue weighted by molar-refractivity contribution is 0.00685. The normalized spacial score (nSPS) is 30.2. The van der Waals surface area contributed by atoms with Crippen LogP contribution < -0.4 is 5.73 Å². The molecule has 1 aromatic carbocycles. The van der Waals surface area contributed by atoms with Crippen LogP contribution >= 0.6 is 0 Å². The molecule has 2 N–H and O–H groups in total. The highest BCUT2D eigenvalue weighted by molar-refractivity contribution is 5.31. The van der Waals surface area contributed by atoms with Crippen molar-refractivity contribution in [2.75, 3.05) is 20.2 Å². The monoisotopic (exact) mass is 274 g/mol. The molecule has 0 aromatic heterocycles. The molecule has 3 rings (SSSR count). The number of benzene rings is 1. The molecule has 1 aromatic rings. The third-order valence-corrected chi connectivity index (χ3v) is 4.89. The SMILES string of the molecule is CN(CC1OCCc2ccccc21)C1CCCCC1N. The Hall–Kier alpha value is -0.900. The average Bonchev–Trinajstić information content (AvgIpc) is 2.48. The zero-order chi connectivity index (χ0) is 13.9. The molecule has 3 heteroatoms. The first-order valence-corrected chi connectivity index (χ1v) is 7.91. The minimum Gasteiger partial charge on any atom is -0.372 e. The van der Waals surface area contributed by atoms with E-state index in [9.17, 15) is 0 Å². The average molecular weight is 274 g/mol. The molecule has 0 bridgehead atoms. The number of nitrogens with zero attached hydrogens (tertiary/aromatic N) is 1. The maximum Gasteiger partial charge on any atom is 0.0954 e. The lowest BCUT2D eigenvalue weighted by Crippen LogP contribution is -2.49. The summed E-state index contributed by atoms with van der Waals surface area (Å²) in [5, 5.41) is 0. The molecule has 0 spiro atoms. The zero-order valence-corrected chi connectivity index (χ0v) is 12.4. The van der Waals surface area contributed by atoms with Gasteiger partial charge in [0.2, 0.25) is 0 Å². The lowest BCUT2D eigenvalue weighted by atomic mass is 9.89. The number of rotatable bonds is 3. The van der Waals surface area contributed by atoms with Crippen molar-refractivity contribution in [3.05, 3.63) is 35.4 Å². The summed E-state index contributed by atoms with van der Waals surface area (Å²) in [6.07, 6.45) is 6.24. The van der Waals surface area contributed by atoms with Crippen molar-refractivity contribution in [1.82, 2.24) is 4.90 Å². The van der Waals surface area contributed by atoms with Gasteiger partial charge in [-0.3, -0.25) is 4.90 Å². The predicted molar refractivity (Wildman–Crippen MR) is 81.7 cm³/mol. The quantitative estimate of drug-likeness (QED) is 0.920. The molecule has 110 valence electrons. The lowest BCUT2D eigenvalue weighted by Gasteiger charge is -2.38. The van der Waals surface area contributed by atoms with Gasteiger partial charge in [-0.25, -0.2) is 0 Å². The molecule has 1 aliphatic carbocycles. The van der Waals surface area contributed by atoms with Crippen molar-refractivity contribution in [3.8, 4) is 0 Å². The highest BCUT2D eigenvalue weighted by Gasteiger charge is 2.29. The van der Waals surface area contributed by atoms with Gasteiger partial charge in [0.1, 0.15) is 0 Å². The maximum absolute atomic E-state index is 6.30. The number of hydrogen-bond donors (Lipinski definition) is 1. The Labute approximate surface area is 122 Å². The van der Waals surface area contributed by atoms with Crippen molar-refractivity contribution in [3.63, 3.8) is 0 Å². The van der Waals surface area contributed by atoms with Crippen LogP contribution in [0.2, 0.25) is 0 Å². The summed E-state index contributed by atoms with van der Waals surface area (Å²) in [5.74, 6) is 0. The van der Waals surface area contributed by atoms with Gasteiger partial charge in [0.05, 0.1) is 12.7 Å². The molecule has 2 aliphatic rings. The van der Waals surface area contributed by atoms with E-state index in [0.717, 1.165) is 26.0 Å².